The number of nitrogens with zero attached hydrogens (tertiary/aromatic N) is 1. The van der Waals surface area contributed by atoms with Crippen molar-refractivity contribution in [2.24, 2.45) is 0 Å². The van der Waals surface area contributed by atoms with Crippen LogP contribution >= 0.6 is 34.5 Å². The second-order valence-electron chi connectivity index (χ2n) is 7.65. The van der Waals surface area contributed by atoms with Gasteiger partial charge in [0.05, 0.1) is 15.2 Å². The van der Waals surface area contributed by atoms with Gasteiger partial charge in [-0.05, 0) is 79.2 Å². The van der Waals surface area contributed by atoms with Crippen LogP contribution in [0, 0.1) is 6.92 Å². The van der Waals surface area contributed by atoms with E-state index >= 15 is 0 Å². The topological polar surface area (TPSA) is 64.4 Å². The normalized spacial score (nSPS) is 11.0. The number of carbonyl (C=O) groups excluding carboxylic acids is 1. The zero-order valence-electron chi connectivity index (χ0n) is 18.0. The molecule has 170 valence electrons. The molecule has 0 spiro atoms. The molecule has 0 saturated heterocycles. The summed E-state index contributed by atoms with van der Waals surface area (Å²) in [6, 6.07) is 22.1. The highest BCUT2D eigenvalue weighted by Crippen LogP contribution is 2.31. The maximum absolute atomic E-state index is 12.6. The second kappa shape index (κ2) is 9.50. The number of hydrogen-bond donors (Lipinski definition) is 1. The summed E-state index contributed by atoms with van der Waals surface area (Å²) in [5.41, 5.74) is 3.85. The van der Waals surface area contributed by atoms with E-state index in [-0.39, 0.29) is 18.3 Å². The van der Waals surface area contributed by atoms with Crippen LogP contribution in [0.3, 0.4) is 0 Å². The van der Waals surface area contributed by atoms with Crippen molar-refractivity contribution < 1.29 is 13.9 Å². The van der Waals surface area contributed by atoms with E-state index in [9.17, 15) is 4.79 Å². The van der Waals surface area contributed by atoms with Crippen LogP contribution in [0.5, 0.6) is 5.75 Å². The minimum absolute atomic E-state index is 0.130. The summed E-state index contributed by atoms with van der Waals surface area (Å²) >= 11 is 13.7. The molecule has 0 radical (unpaired) electrons. The van der Waals surface area contributed by atoms with E-state index in [2.05, 4.69) is 24.4 Å². The monoisotopic (exact) mass is 508 g/mol. The van der Waals surface area contributed by atoms with E-state index in [4.69, 9.17) is 37.3 Å². The maximum atomic E-state index is 12.6. The fourth-order valence-corrected chi connectivity index (χ4v) is 4.90. The molecule has 34 heavy (non-hydrogen) atoms. The fourth-order valence-electron chi connectivity index (χ4n) is 3.36. The maximum Gasteiger partial charge on any atom is 0.291 e. The summed E-state index contributed by atoms with van der Waals surface area (Å²) in [6.45, 7) is 2.20. The summed E-state index contributed by atoms with van der Waals surface area (Å²) in [5, 5.41) is 4.72. The van der Waals surface area contributed by atoms with Gasteiger partial charge >= 0.3 is 0 Å². The number of nitrogens with one attached hydrogen (secondary N) is 1. The van der Waals surface area contributed by atoms with Crippen molar-refractivity contribution in [1.82, 2.24) is 4.98 Å². The lowest BCUT2D eigenvalue weighted by atomic mass is 10.2. The van der Waals surface area contributed by atoms with Crippen LogP contribution in [0.15, 0.2) is 77.2 Å². The first-order valence-corrected chi connectivity index (χ1v) is 12.0. The van der Waals surface area contributed by atoms with Crippen LogP contribution in [0.2, 0.25) is 10.0 Å². The quantitative estimate of drug-likeness (QED) is 0.252. The molecule has 0 aliphatic carbocycles. The molecule has 0 unspecified atom stereocenters. The molecule has 2 heterocycles. The lowest BCUT2D eigenvalue weighted by molar-refractivity contribution is 0.0992. The van der Waals surface area contributed by atoms with Gasteiger partial charge in [0.1, 0.15) is 23.1 Å². The molecule has 0 aliphatic heterocycles. The van der Waals surface area contributed by atoms with E-state index in [1.165, 1.54) is 5.56 Å². The fraction of sp³-hybridized carbons (Fsp3) is 0.0769. The summed E-state index contributed by atoms with van der Waals surface area (Å²) in [7, 11) is 0. The second-order valence-corrected chi connectivity index (χ2v) is 9.53. The third kappa shape index (κ3) is 4.94. The standard InChI is InChI=1S/C26H18Cl2N2O3S/c1-15-2-9-21-24(12-15)34-26(30-21)16-3-6-18(7-4-16)29-25(31)23-11-8-19(33-23)14-32-22-10-5-17(27)13-20(22)28/h2-13H,14H2,1H3,(H,29,31). The van der Waals surface area contributed by atoms with Crippen LogP contribution in [-0.2, 0) is 6.61 Å². The Bertz CT molecular complexity index is 1490. The Kier molecular flexibility index (Phi) is 6.28. The number of aryl methyl sites for hydroxylation is 1. The van der Waals surface area contributed by atoms with E-state index < -0.39 is 0 Å². The molecule has 0 fully saturated rings. The number of thiazole rings is 1. The number of carbonyl (C=O) groups is 1. The molecule has 1 N–H and O–H groups in total. The molecule has 0 atom stereocenters. The minimum atomic E-state index is -0.348. The molecule has 1 amide bonds. The van der Waals surface area contributed by atoms with Gasteiger partial charge in [-0.15, -0.1) is 11.3 Å². The first-order valence-electron chi connectivity index (χ1n) is 10.4. The van der Waals surface area contributed by atoms with Crippen molar-refractivity contribution >= 4 is 56.3 Å². The molecule has 0 aliphatic rings. The number of benzene rings is 3. The van der Waals surface area contributed by atoms with Gasteiger partial charge in [-0.2, -0.15) is 0 Å². The Labute approximate surface area is 209 Å². The summed E-state index contributed by atoms with van der Waals surface area (Å²) in [4.78, 5) is 17.3. The van der Waals surface area contributed by atoms with Gasteiger partial charge in [-0.3, -0.25) is 4.79 Å². The Hall–Kier alpha value is -3.32. The van der Waals surface area contributed by atoms with Gasteiger partial charge in [0.2, 0.25) is 0 Å². The third-order valence-corrected chi connectivity index (χ3v) is 6.68. The van der Waals surface area contributed by atoms with Crippen molar-refractivity contribution in [1.29, 1.82) is 0 Å². The van der Waals surface area contributed by atoms with E-state index in [1.807, 2.05) is 30.3 Å². The van der Waals surface area contributed by atoms with Crippen LogP contribution < -0.4 is 10.1 Å². The average molecular weight is 509 g/mol. The van der Waals surface area contributed by atoms with E-state index in [0.29, 0.717) is 27.2 Å². The molecule has 3 aromatic carbocycles. The average Bonchev–Trinajstić information content (AvgIpc) is 3.46. The first kappa shape index (κ1) is 22.5. The number of halogens is 2. The number of furan rings is 1. The number of anilines is 1. The number of amides is 1. The number of aromatic nitrogens is 1. The number of fused-ring (bicyclic) bond motifs is 1. The van der Waals surface area contributed by atoms with Crippen LogP contribution in [-0.4, -0.2) is 10.9 Å². The van der Waals surface area contributed by atoms with E-state index in [0.717, 1.165) is 20.8 Å². The third-order valence-electron chi connectivity index (χ3n) is 5.08. The van der Waals surface area contributed by atoms with Gasteiger partial charge in [0.15, 0.2) is 5.76 Å². The van der Waals surface area contributed by atoms with Crippen LogP contribution in [0.4, 0.5) is 5.69 Å². The Morgan fingerprint density at radius 2 is 1.85 bits per heavy atom. The molecule has 2 aromatic heterocycles. The summed E-state index contributed by atoms with van der Waals surface area (Å²) < 4.78 is 12.4. The van der Waals surface area contributed by atoms with Crippen molar-refractivity contribution in [3.63, 3.8) is 0 Å². The number of rotatable bonds is 6. The van der Waals surface area contributed by atoms with Crippen molar-refractivity contribution in [2.45, 2.75) is 13.5 Å². The largest absolute Gasteiger partial charge is 0.484 e. The Balaban J connectivity index is 1.22. The predicted octanol–water partition coefficient (Wildman–Crippen LogP) is 8.00. The van der Waals surface area contributed by atoms with Gasteiger partial charge in [0.25, 0.3) is 5.91 Å². The SMILES string of the molecule is Cc1ccc2nc(-c3ccc(NC(=O)c4ccc(COc5ccc(Cl)cc5Cl)o4)cc3)sc2c1. The molecule has 5 aromatic rings. The summed E-state index contributed by atoms with van der Waals surface area (Å²) in [5.74, 6) is 0.819. The lowest BCUT2D eigenvalue weighted by Gasteiger charge is -2.06. The summed E-state index contributed by atoms with van der Waals surface area (Å²) in [6.07, 6.45) is 0. The van der Waals surface area contributed by atoms with Crippen molar-refractivity contribution in [2.75, 3.05) is 5.32 Å². The van der Waals surface area contributed by atoms with Crippen molar-refractivity contribution in [3.8, 4) is 16.3 Å². The zero-order valence-corrected chi connectivity index (χ0v) is 20.3. The lowest BCUT2D eigenvalue weighted by Crippen LogP contribution is -2.10. The first-order chi connectivity index (χ1) is 16.4. The Morgan fingerprint density at radius 3 is 2.65 bits per heavy atom. The van der Waals surface area contributed by atoms with Gasteiger partial charge in [-0.1, -0.05) is 29.3 Å². The molecule has 5 rings (SSSR count). The molecule has 0 bridgehead atoms. The number of ether oxygens (including phenoxy) is 1. The number of hydrogen-bond acceptors (Lipinski definition) is 5. The minimum Gasteiger partial charge on any atom is -0.484 e. The molecule has 0 saturated carbocycles. The molecular weight excluding hydrogens is 491 g/mol. The van der Waals surface area contributed by atoms with Crippen LogP contribution in [0.25, 0.3) is 20.8 Å². The predicted molar refractivity (Wildman–Crippen MR) is 137 cm³/mol. The van der Waals surface area contributed by atoms with Gasteiger partial charge < -0.3 is 14.5 Å². The van der Waals surface area contributed by atoms with Gasteiger partial charge in [-0.25, -0.2) is 4.98 Å². The molecule has 8 heteroatoms. The van der Waals surface area contributed by atoms with Crippen molar-refractivity contribution in [3.05, 3.63) is 99.9 Å². The molecule has 5 nitrogen and oxygen atoms in total. The van der Waals surface area contributed by atoms with Gasteiger partial charge in [0, 0.05) is 16.3 Å². The van der Waals surface area contributed by atoms with E-state index in [1.54, 1.807) is 41.7 Å². The molecular formula is C26H18Cl2N2O3S. The van der Waals surface area contributed by atoms with Crippen LogP contribution in [0.1, 0.15) is 21.9 Å². The highest BCUT2D eigenvalue weighted by atomic mass is 35.5. The zero-order chi connectivity index (χ0) is 23.7. The highest BCUT2D eigenvalue weighted by Gasteiger charge is 2.13. The highest BCUT2D eigenvalue weighted by molar-refractivity contribution is 7.21. The Morgan fingerprint density at radius 1 is 1.03 bits per heavy atom. The smallest absolute Gasteiger partial charge is 0.291 e.